The number of thiophene rings is 1. The van der Waals surface area contributed by atoms with Crippen molar-refractivity contribution < 1.29 is 9.18 Å². The zero-order valence-electron chi connectivity index (χ0n) is 19.4. The fourth-order valence-electron chi connectivity index (χ4n) is 4.80. The summed E-state index contributed by atoms with van der Waals surface area (Å²) in [6.07, 6.45) is 6.32. The van der Waals surface area contributed by atoms with Crippen LogP contribution in [0.1, 0.15) is 28.6 Å². The SMILES string of the molecule is CN(C)c1c(CN2c3c(ncn(CC(N)=O)c3=O)CC[C@H]2c2ccc(F)cc2)sc2ccncc12. The van der Waals surface area contributed by atoms with E-state index in [1.807, 2.05) is 31.3 Å². The molecule has 4 aromatic rings. The first-order valence-corrected chi connectivity index (χ1v) is 12.1. The van der Waals surface area contributed by atoms with Crippen LogP contribution in [0, 0.1) is 5.82 Å². The second-order valence-corrected chi connectivity index (χ2v) is 9.95. The lowest BCUT2D eigenvalue weighted by Gasteiger charge is -2.38. The van der Waals surface area contributed by atoms with Crippen LogP contribution in [-0.4, -0.2) is 34.5 Å². The summed E-state index contributed by atoms with van der Waals surface area (Å²) >= 11 is 1.65. The molecule has 1 atom stereocenters. The Bertz CT molecular complexity index is 1460. The Morgan fingerprint density at radius 3 is 2.74 bits per heavy atom. The lowest BCUT2D eigenvalue weighted by molar-refractivity contribution is -0.118. The largest absolute Gasteiger partial charge is 0.376 e. The van der Waals surface area contributed by atoms with Crippen molar-refractivity contribution in [2.75, 3.05) is 23.9 Å². The maximum Gasteiger partial charge on any atom is 0.277 e. The lowest BCUT2D eigenvalue weighted by atomic mass is 9.94. The first kappa shape index (κ1) is 23.0. The summed E-state index contributed by atoms with van der Waals surface area (Å²) < 4.78 is 16.1. The van der Waals surface area contributed by atoms with Crippen LogP contribution in [0.5, 0.6) is 0 Å². The van der Waals surface area contributed by atoms with Gasteiger partial charge in [-0.15, -0.1) is 11.3 Å². The van der Waals surface area contributed by atoms with Gasteiger partial charge < -0.3 is 15.5 Å². The highest BCUT2D eigenvalue weighted by molar-refractivity contribution is 7.19. The predicted molar refractivity (Wildman–Crippen MR) is 135 cm³/mol. The third-order valence-corrected chi connectivity index (χ3v) is 7.43. The Labute approximate surface area is 205 Å². The molecule has 35 heavy (non-hydrogen) atoms. The zero-order valence-corrected chi connectivity index (χ0v) is 20.3. The van der Waals surface area contributed by atoms with Crippen LogP contribution in [0.15, 0.2) is 53.8 Å². The van der Waals surface area contributed by atoms with E-state index in [4.69, 9.17) is 5.73 Å². The van der Waals surface area contributed by atoms with E-state index < -0.39 is 5.91 Å². The Kier molecular flexibility index (Phi) is 5.98. The van der Waals surface area contributed by atoms with Gasteiger partial charge in [0.25, 0.3) is 5.56 Å². The molecule has 0 radical (unpaired) electrons. The fourth-order valence-corrected chi connectivity index (χ4v) is 6.05. The molecule has 0 spiro atoms. The van der Waals surface area contributed by atoms with Gasteiger partial charge in [0, 0.05) is 41.5 Å². The molecule has 8 nitrogen and oxygen atoms in total. The van der Waals surface area contributed by atoms with Gasteiger partial charge in [-0.3, -0.25) is 19.1 Å². The number of aromatic nitrogens is 3. The second kappa shape index (κ2) is 9.10. The number of nitrogens with two attached hydrogens (primary N) is 1. The molecule has 0 fully saturated rings. The van der Waals surface area contributed by atoms with Gasteiger partial charge >= 0.3 is 0 Å². The number of primary amides is 1. The summed E-state index contributed by atoms with van der Waals surface area (Å²) in [5, 5.41) is 1.05. The minimum absolute atomic E-state index is 0.166. The number of anilines is 2. The molecule has 180 valence electrons. The third-order valence-electron chi connectivity index (χ3n) is 6.28. The number of halogens is 1. The molecule has 4 heterocycles. The minimum Gasteiger partial charge on any atom is -0.376 e. The highest BCUT2D eigenvalue weighted by Crippen LogP contribution is 2.42. The van der Waals surface area contributed by atoms with Gasteiger partial charge in [0.15, 0.2) is 0 Å². The highest BCUT2D eigenvalue weighted by atomic mass is 32.1. The Morgan fingerprint density at radius 2 is 2.03 bits per heavy atom. The van der Waals surface area contributed by atoms with E-state index in [0.29, 0.717) is 30.8 Å². The molecule has 1 amide bonds. The zero-order chi connectivity index (χ0) is 24.7. The molecule has 10 heteroatoms. The summed E-state index contributed by atoms with van der Waals surface area (Å²) in [6, 6.07) is 8.22. The third kappa shape index (κ3) is 4.25. The van der Waals surface area contributed by atoms with E-state index in [1.54, 1.807) is 29.7 Å². The van der Waals surface area contributed by atoms with Gasteiger partial charge in [0.05, 0.1) is 30.3 Å². The minimum atomic E-state index is -0.613. The van der Waals surface area contributed by atoms with Crippen molar-refractivity contribution in [2.24, 2.45) is 5.73 Å². The molecule has 1 aliphatic rings. The summed E-state index contributed by atoms with van der Waals surface area (Å²) in [5.74, 6) is -0.924. The van der Waals surface area contributed by atoms with Crippen molar-refractivity contribution in [2.45, 2.75) is 32.0 Å². The van der Waals surface area contributed by atoms with E-state index in [2.05, 4.69) is 14.9 Å². The Morgan fingerprint density at radius 1 is 1.26 bits per heavy atom. The van der Waals surface area contributed by atoms with Crippen LogP contribution in [-0.2, 0) is 24.3 Å². The van der Waals surface area contributed by atoms with Crippen LogP contribution in [0.25, 0.3) is 10.1 Å². The first-order valence-electron chi connectivity index (χ1n) is 11.2. The van der Waals surface area contributed by atoms with E-state index in [1.165, 1.54) is 23.0 Å². The number of carbonyl (C=O) groups is 1. The van der Waals surface area contributed by atoms with Crippen LogP contribution in [0.2, 0.25) is 0 Å². The maximum absolute atomic E-state index is 13.7. The van der Waals surface area contributed by atoms with E-state index in [0.717, 1.165) is 26.2 Å². The van der Waals surface area contributed by atoms with Crippen LogP contribution in [0.3, 0.4) is 0 Å². The molecule has 0 bridgehead atoms. The van der Waals surface area contributed by atoms with Crippen LogP contribution in [0.4, 0.5) is 15.8 Å². The number of rotatable bonds is 6. The van der Waals surface area contributed by atoms with Crippen molar-refractivity contribution >= 4 is 38.7 Å². The fraction of sp³-hybridized carbons (Fsp3) is 0.280. The normalized spacial score (nSPS) is 15.3. The van der Waals surface area contributed by atoms with Gasteiger partial charge in [-0.05, 0) is 36.6 Å². The lowest BCUT2D eigenvalue weighted by Crippen LogP contribution is -2.40. The number of hydrogen-bond acceptors (Lipinski definition) is 7. The predicted octanol–water partition coefficient (Wildman–Crippen LogP) is 3.24. The van der Waals surface area contributed by atoms with Gasteiger partial charge in [-0.2, -0.15) is 0 Å². The second-order valence-electron chi connectivity index (χ2n) is 8.81. The Balaban J connectivity index is 1.68. The van der Waals surface area contributed by atoms with Crippen molar-refractivity contribution in [3.8, 4) is 0 Å². The van der Waals surface area contributed by atoms with E-state index in [9.17, 15) is 14.0 Å². The molecule has 5 rings (SSSR count). The smallest absolute Gasteiger partial charge is 0.277 e. The van der Waals surface area contributed by atoms with E-state index in [-0.39, 0.29) is 24.0 Å². The molecule has 2 N–H and O–H groups in total. The number of fused-ring (bicyclic) bond motifs is 2. The van der Waals surface area contributed by atoms with Crippen LogP contribution >= 0.6 is 11.3 Å². The van der Waals surface area contributed by atoms with E-state index >= 15 is 0 Å². The standard InChI is InChI=1S/C25H25FN6O2S/c1-30(2)23-17-11-28-10-9-20(17)35-21(23)12-32-19(15-3-5-16(26)6-4-15)8-7-18-24(32)25(34)31(14-29-18)13-22(27)33/h3-6,9-11,14,19H,7-8,12-13H2,1-2H3,(H2,27,33)/t19-/m0/s1. The average molecular weight is 493 g/mol. The number of hydrogen-bond donors (Lipinski definition) is 1. The highest BCUT2D eigenvalue weighted by Gasteiger charge is 2.33. The number of amides is 1. The van der Waals surface area contributed by atoms with Crippen molar-refractivity contribution in [1.82, 2.24) is 14.5 Å². The molecule has 0 saturated carbocycles. The van der Waals surface area contributed by atoms with Crippen molar-refractivity contribution in [3.63, 3.8) is 0 Å². The van der Waals surface area contributed by atoms with Gasteiger partial charge in [-0.25, -0.2) is 9.37 Å². The van der Waals surface area contributed by atoms with Crippen molar-refractivity contribution in [3.05, 3.63) is 81.4 Å². The maximum atomic E-state index is 13.7. The molecule has 3 aromatic heterocycles. The molecular formula is C25H25FN6O2S. The van der Waals surface area contributed by atoms with Gasteiger partial charge in [-0.1, -0.05) is 12.1 Å². The van der Waals surface area contributed by atoms with Crippen LogP contribution < -0.4 is 21.1 Å². The topological polar surface area (TPSA) is 97.4 Å². The number of nitrogens with zero attached hydrogens (tertiary/aromatic N) is 5. The summed E-state index contributed by atoms with van der Waals surface area (Å²) in [7, 11) is 3.97. The summed E-state index contributed by atoms with van der Waals surface area (Å²) in [5.41, 5.74) is 8.16. The number of aryl methyl sites for hydroxylation is 1. The molecule has 0 unspecified atom stereocenters. The average Bonchev–Trinajstić information content (AvgIpc) is 3.19. The summed E-state index contributed by atoms with van der Waals surface area (Å²) in [6.45, 7) is 0.199. The number of benzene rings is 1. The molecule has 0 saturated heterocycles. The molecule has 1 aliphatic heterocycles. The quantitative estimate of drug-likeness (QED) is 0.444. The molecule has 0 aliphatic carbocycles. The van der Waals surface area contributed by atoms with Gasteiger partial charge in [0.2, 0.25) is 5.91 Å². The monoisotopic (exact) mass is 492 g/mol. The first-order chi connectivity index (χ1) is 16.8. The summed E-state index contributed by atoms with van der Waals surface area (Å²) in [4.78, 5) is 39.1. The molecular weight excluding hydrogens is 467 g/mol. The number of pyridine rings is 1. The molecule has 1 aromatic carbocycles. The number of carbonyl (C=O) groups excluding carboxylic acids is 1. The van der Waals surface area contributed by atoms with Gasteiger partial charge in [0.1, 0.15) is 18.0 Å². The van der Waals surface area contributed by atoms with Crippen molar-refractivity contribution in [1.29, 1.82) is 0 Å². The Hall–Kier alpha value is -3.79.